The van der Waals surface area contributed by atoms with Crippen LogP contribution in [0.5, 0.6) is 0 Å². The van der Waals surface area contributed by atoms with E-state index in [4.69, 9.17) is 0 Å². The second-order valence-corrected chi connectivity index (χ2v) is 5.89. The average Bonchev–Trinajstić information content (AvgIpc) is 2.34. The lowest BCUT2D eigenvalue weighted by atomic mass is 10.1. The summed E-state index contributed by atoms with van der Waals surface area (Å²) in [6.45, 7) is 6.38. The zero-order valence-corrected chi connectivity index (χ0v) is 11.8. The van der Waals surface area contributed by atoms with Crippen molar-refractivity contribution >= 4 is 16.9 Å². The molecule has 0 fully saturated rings. The molecule has 2 nitrogen and oxygen atoms in total. The van der Waals surface area contributed by atoms with Crippen molar-refractivity contribution in [1.82, 2.24) is 5.32 Å². The monoisotopic (exact) mass is 266 g/mol. The fourth-order valence-corrected chi connectivity index (χ4v) is 3.02. The van der Waals surface area contributed by atoms with Gasteiger partial charge in [-0.15, -0.1) is 0 Å². The number of benzene rings is 1. The first-order valence-corrected chi connectivity index (χ1v) is 7.27. The minimum Gasteiger partial charge on any atom is -0.358 e. The van der Waals surface area contributed by atoms with Crippen molar-refractivity contribution in [3.8, 4) is 0 Å². The molecule has 0 spiro atoms. The first-order chi connectivity index (χ1) is 8.56. The van der Waals surface area contributed by atoms with E-state index in [1.54, 1.807) is 23.9 Å². The average molecular weight is 266 g/mol. The van der Waals surface area contributed by atoms with Gasteiger partial charge in [0.15, 0.2) is 5.17 Å². The number of hydrogen-bond acceptors (Lipinski definition) is 3. The lowest BCUT2D eigenvalue weighted by Crippen LogP contribution is -2.31. The van der Waals surface area contributed by atoms with E-state index >= 15 is 0 Å². The Kier molecular flexibility index (Phi) is 4.27. The van der Waals surface area contributed by atoms with Crippen molar-refractivity contribution in [1.29, 1.82) is 0 Å². The van der Waals surface area contributed by atoms with Crippen LogP contribution in [0, 0.1) is 11.7 Å². The lowest BCUT2D eigenvalue weighted by Gasteiger charge is -2.26. The number of nitrogens with zero attached hydrogens (tertiary/aromatic N) is 1. The fraction of sp³-hybridized carbons (Fsp3) is 0.500. The van der Waals surface area contributed by atoms with Crippen LogP contribution in [0.1, 0.15) is 32.4 Å². The molecule has 1 aromatic rings. The maximum atomic E-state index is 13.2. The molecule has 1 heterocycles. The first kappa shape index (κ1) is 13.4. The van der Waals surface area contributed by atoms with Crippen molar-refractivity contribution in [2.75, 3.05) is 5.75 Å². The van der Waals surface area contributed by atoms with Crippen molar-refractivity contribution in [3.05, 3.63) is 35.6 Å². The van der Waals surface area contributed by atoms with Crippen molar-refractivity contribution in [2.45, 2.75) is 32.9 Å². The fourth-order valence-electron chi connectivity index (χ4n) is 1.82. The highest BCUT2D eigenvalue weighted by Gasteiger charge is 2.20. The third-order valence-corrected chi connectivity index (χ3v) is 4.51. The van der Waals surface area contributed by atoms with Gasteiger partial charge in [-0.2, -0.15) is 0 Å². The van der Waals surface area contributed by atoms with Crippen molar-refractivity contribution in [3.63, 3.8) is 0 Å². The van der Waals surface area contributed by atoms with E-state index < -0.39 is 0 Å². The topological polar surface area (TPSA) is 24.4 Å². The minimum absolute atomic E-state index is 0.0764. The molecule has 0 saturated heterocycles. The van der Waals surface area contributed by atoms with Crippen LogP contribution in [-0.4, -0.2) is 17.0 Å². The Morgan fingerprint density at radius 3 is 2.89 bits per heavy atom. The summed E-state index contributed by atoms with van der Waals surface area (Å²) in [6.07, 6.45) is 0. The third-order valence-electron chi connectivity index (χ3n) is 3.32. The zero-order chi connectivity index (χ0) is 13.1. The second kappa shape index (κ2) is 5.74. The Morgan fingerprint density at radius 1 is 1.44 bits per heavy atom. The van der Waals surface area contributed by atoms with E-state index in [1.165, 1.54) is 6.07 Å². The molecule has 3 unspecified atom stereocenters. The Morgan fingerprint density at radius 2 is 2.22 bits per heavy atom. The molecule has 18 heavy (non-hydrogen) atoms. The maximum Gasteiger partial charge on any atom is 0.157 e. The van der Waals surface area contributed by atoms with E-state index in [-0.39, 0.29) is 11.9 Å². The summed E-state index contributed by atoms with van der Waals surface area (Å²) in [7, 11) is 0. The van der Waals surface area contributed by atoms with E-state index in [2.05, 4.69) is 24.2 Å². The van der Waals surface area contributed by atoms with E-state index in [1.807, 2.05) is 13.0 Å². The van der Waals surface area contributed by atoms with Crippen LogP contribution in [-0.2, 0) is 0 Å². The second-order valence-electron chi connectivity index (χ2n) is 4.88. The zero-order valence-electron chi connectivity index (χ0n) is 11.0. The molecule has 0 aliphatic carbocycles. The van der Waals surface area contributed by atoms with E-state index in [9.17, 15) is 4.39 Å². The number of rotatable bonds is 2. The van der Waals surface area contributed by atoms with Crippen LogP contribution in [0.4, 0.5) is 4.39 Å². The molecule has 2 rings (SSSR count). The summed E-state index contributed by atoms with van der Waals surface area (Å²) < 4.78 is 13.2. The highest BCUT2D eigenvalue weighted by molar-refractivity contribution is 8.13. The molecular weight excluding hydrogens is 247 g/mol. The molecule has 1 aliphatic heterocycles. The summed E-state index contributed by atoms with van der Waals surface area (Å²) in [5.74, 6) is 1.51. The van der Waals surface area contributed by atoms with Crippen LogP contribution in [0.25, 0.3) is 0 Å². The van der Waals surface area contributed by atoms with Gasteiger partial charge in [-0.3, -0.25) is 4.99 Å². The van der Waals surface area contributed by atoms with Gasteiger partial charge in [-0.1, -0.05) is 30.8 Å². The Hall–Kier alpha value is -1.03. The van der Waals surface area contributed by atoms with Gasteiger partial charge in [-0.25, -0.2) is 4.39 Å². The number of aliphatic imine (C=N–C) groups is 1. The number of halogens is 1. The number of nitrogens with one attached hydrogen (secondary N) is 1. The molecule has 0 aromatic heterocycles. The molecule has 0 bridgehead atoms. The van der Waals surface area contributed by atoms with Crippen molar-refractivity contribution in [2.24, 2.45) is 10.9 Å². The molecule has 3 atom stereocenters. The van der Waals surface area contributed by atoms with Crippen LogP contribution in [0.2, 0.25) is 0 Å². The number of hydrogen-bond donors (Lipinski definition) is 1. The first-order valence-electron chi connectivity index (χ1n) is 6.29. The van der Waals surface area contributed by atoms with Crippen LogP contribution in [0.3, 0.4) is 0 Å². The van der Waals surface area contributed by atoms with Gasteiger partial charge in [0.25, 0.3) is 0 Å². The predicted molar refractivity (Wildman–Crippen MR) is 76.5 cm³/mol. The minimum atomic E-state index is -0.193. The largest absolute Gasteiger partial charge is 0.358 e. The normalized spacial score (nSPS) is 25.4. The third kappa shape index (κ3) is 3.25. The summed E-state index contributed by atoms with van der Waals surface area (Å²) >= 11 is 1.75. The van der Waals surface area contributed by atoms with Gasteiger partial charge in [-0.05, 0) is 37.5 Å². The number of amidine groups is 1. The van der Waals surface area contributed by atoms with Gasteiger partial charge >= 0.3 is 0 Å². The Labute approximate surface area is 112 Å². The van der Waals surface area contributed by atoms with E-state index in [0.717, 1.165) is 16.5 Å². The SMILES string of the molecule is CC(NC1=NC(C)C(C)CS1)c1cccc(F)c1. The molecule has 0 amide bonds. The molecule has 0 saturated carbocycles. The van der Waals surface area contributed by atoms with Crippen LogP contribution in [0.15, 0.2) is 29.3 Å². The molecule has 1 aliphatic rings. The van der Waals surface area contributed by atoms with Gasteiger partial charge in [0.05, 0.1) is 12.1 Å². The molecule has 0 radical (unpaired) electrons. The van der Waals surface area contributed by atoms with E-state index in [0.29, 0.717) is 12.0 Å². The Bertz CT molecular complexity index is 447. The summed E-state index contributed by atoms with van der Waals surface area (Å²) in [4.78, 5) is 4.63. The Balaban J connectivity index is 2.04. The summed E-state index contributed by atoms with van der Waals surface area (Å²) in [5.41, 5.74) is 0.949. The highest BCUT2D eigenvalue weighted by atomic mass is 32.2. The quantitative estimate of drug-likeness (QED) is 0.884. The molecular formula is C14H19FN2S. The summed E-state index contributed by atoms with van der Waals surface area (Å²) in [6, 6.07) is 7.13. The number of thioether (sulfide) groups is 1. The van der Waals surface area contributed by atoms with Gasteiger partial charge < -0.3 is 5.32 Å². The molecule has 1 aromatic carbocycles. The predicted octanol–water partition coefficient (Wildman–Crippen LogP) is 3.60. The van der Waals surface area contributed by atoms with Gasteiger partial charge in [0, 0.05) is 5.75 Å². The molecule has 98 valence electrons. The van der Waals surface area contributed by atoms with Gasteiger partial charge in [0.1, 0.15) is 5.82 Å². The van der Waals surface area contributed by atoms with Crippen LogP contribution >= 0.6 is 11.8 Å². The van der Waals surface area contributed by atoms with Gasteiger partial charge in [0.2, 0.25) is 0 Å². The maximum absolute atomic E-state index is 13.2. The standard InChI is InChI=1S/C14H19FN2S/c1-9-8-18-14(16-10(9)2)17-11(3)12-5-4-6-13(15)7-12/h4-7,9-11H,8H2,1-3H3,(H,16,17). The van der Waals surface area contributed by atoms with Crippen molar-refractivity contribution < 1.29 is 4.39 Å². The molecule has 4 heteroatoms. The highest BCUT2D eigenvalue weighted by Crippen LogP contribution is 2.23. The lowest BCUT2D eigenvalue weighted by molar-refractivity contribution is 0.532. The smallest absolute Gasteiger partial charge is 0.157 e. The summed E-state index contributed by atoms with van der Waals surface area (Å²) in [5, 5.41) is 4.33. The molecule has 1 N–H and O–H groups in total. The van der Waals surface area contributed by atoms with Crippen LogP contribution < -0.4 is 5.32 Å².